The topological polar surface area (TPSA) is 16.4 Å². The van der Waals surface area contributed by atoms with Crippen molar-refractivity contribution in [3.05, 3.63) is 212 Å². The molecule has 0 amide bonds. The highest BCUT2D eigenvalue weighted by Gasteiger charge is 2.23. The number of nitrogens with zero attached hydrogens (tertiary/aromatic N) is 1. The molecular weight excluding hydrogens is 679 g/mol. The molecular formula is C54H35NO. The molecule has 0 fully saturated rings. The number of anilines is 3. The molecule has 262 valence electrons. The van der Waals surface area contributed by atoms with Crippen LogP contribution in [0.4, 0.5) is 17.1 Å². The van der Waals surface area contributed by atoms with Crippen molar-refractivity contribution in [2.24, 2.45) is 0 Å². The summed E-state index contributed by atoms with van der Waals surface area (Å²) in [6, 6.07) is 76.4. The van der Waals surface area contributed by atoms with Gasteiger partial charge in [-0.3, -0.25) is 0 Å². The third kappa shape index (κ3) is 5.34. The first-order chi connectivity index (χ1) is 27.8. The Kier molecular flexibility index (Phi) is 7.53. The van der Waals surface area contributed by atoms with E-state index in [9.17, 15) is 0 Å². The first-order valence-corrected chi connectivity index (χ1v) is 19.2. The summed E-state index contributed by atoms with van der Waals surface area (Å²) in [6.45, 7) is 0. The van der Waals surface area contributed by atoms with Gasteiger partial charge >= 0.3 is 0 Å². The Balaban J connectivity index is 1.11. The number of furan rings is 1. The minimum Gasteiger partial charge on any atom is -0.455 e. The van der Waals surface area contributed by atoms with Gasteiger partial charge in [0.2, 0.25) is 0 Å². The number of rotatable bonds is 6. The molecule has 2 nitrogen and oxygen atoms in total. The number of benzene rings is 10. The van der Waals surface area contributed by atoms with Gasteiger partial charge in [0.25, 0.3) is 0 Å². The van der Waals surface area contributed by atoms with E-state index in [4.69, 9.17) is 4.42 Å². The van der Waals surface area contributed by atoms with Crippen molar-refractivity contribution in [1.29, 1.82) is 0 Å². The highest BCUT2D eigenvalue weighted by atomic mass is 16.3. The third-order valence-corrected chi connectivity index (χ3v) is 11.2. The van der Waals surface area contributed by atoms with Gasteiger partial charge in [0.1, 0.15) is 11.2 Å². The molecule has 2 heteroatoms. The fraction of sp³-hybridized carbons (Fsp3) is 0. The van der Waals surface area contributed by atoms with Crippen LogP contribution in [0.15, 0.2) is 217 Å². The second kappa shape index (κ2) is 13.2. The molecule has 0 spiro atoms. The van der Waals surface area contributed by atoms with Gasteiger partial charge in [-0.1, -0.05) is 164 Å². The molecule has 0 bridgehead atoms. The van der Waals surface area contributed by atoms with E-state index < -0.39 is 0 Å². The maximum absolute atomic E-state index is 6.83. The minimum absolute atomic E-state index is 0.872. The van der Waals surface area contributed by atoms with Crippen LogP contribution in [0.2, 0.25) is 0 Å². The van der Waals surface area contributed by atoms with Crippen LogP contribution in [0.3, 0.4) is 0 Å². The first-order valence-electron chi connectivity index (χ1n) is 19.2. The van der Waals surface area contributed by atoms with Crippen molar-refractivity contribution in [2.75, 3.05) is 4.90 Å². The van der Waals surface area contributed by atoms with Crippen molar-refractivity contribution >= 4 is 71.3 Å². The Hall–Kier alpha value is -7.42. The van der Waals surface area contributed by atoms with E-state index in [1.165, 1.54) is 54.6 Å². The predicted molar refractivity (Wildman–Crippen MR) is 237 cm³/mol. The fourth-order valence-electron chi connectivity index (χ4n) is 8.52. The van der Waals surface area contributed by atoms with Crippen LogP contribution in [-0.2, 0) is 0 Å². The summed E-state index contributed by atoms with van der Waals surface area (Å²) in [6.07, 6.45) is 0. The van der Waals surface area contributed by atoms with Crippen LogP contribution < -0.4 is 4.90 Å². The van der Waals surface area contributed by atoms with Crippen molar-refractivity contribution < 1.29 is 4.42 Å². The molecule has 1 heterocycles. The van der Waals surface area contributed by atoms with Gasteiger partial charge in [-0.25, -0.2) is 0 Å². The number of para-hydroxylation sites is 1. The summed E-state index contributed by atoms with van der Waals surface area (Å²) in [7, 11) is 0. The maximum Gasteiger partial charge on any atom is 0.145 e. The summed E-state index contributed by atoms with van der Waals surface area (Å²) >= 11 is 0. The molecule has 0 radical (unpaired) electrons. The fourth-order valence-corrected chi connectivity index (χ4v) is 8.52. The molecule has 1 aromatic heterocycles. The van der Waals surface area contributed by atoms with Crippen LogP contribution in [0, 0.1) is 0 Å². The van der Waals surface area contributed by atoms with Crippen molar-refractivity contribution in [3.63, 3.8) is 0 Å². The van der Waals surface area contributed by atoms with Crippen LogP contribution in [-0.4, -0.2) is 0 Å². The monoisotopic (exact) mass is 713 g/mol. The van der Waals surface area contributed by atoms with Crippen LogP contribution in [0.5, 0.6) is 0 Å². The summed E-state index contributed by atoms with van der Waals surface area (Å²) in [5.74, 6) is 0. The minimum atomic E-state index is 0.872. The zero-order valence-corrected chi connectivity index (χ0v) is 30.6. The quantitative estimate of drug-likeness (QED) is 0.171. The van der Waals surface area contributed by atoms with Crippen LogP contribution >= 0.6 is 0 Å². The van der Waals surface area contributed by atoms with Gasteiger partial charge in [-0.05, 0) is 103 Å². The van der Waals surface area contributed by atoms with Crippen molar-refractivity contribution in [3.8, 4) is 33.4 Å². The van der Waals surface area contributed by atoms with E-state index in [-0.39, 0.29) is 0 Å². The Morgan fingerprint density at radius 2 is 0.964 bits per heavy atom. The van der Waals surface area contributed by atoms with E-state index in [2.05, 4.69) is 217 Å². The van der Waals surface area contributed by atoms with Gasteiger partial charge < -0.3 is 9.32 Å². The Morgan fingerprint density at radius 1 is 0.321 bits per heavy atom. The van der Waals surface area contributed by atoms with Crippen molar-refractivity contribution in [1.82, 2.24) is 0 Å². The lowest BCUT2D eigenvalue weighted by Crippen LogP contribution is -2.11. The van der Waals surface area contributed by atoms with Crippen LogP contribution in [0.1, 0.15) is 0 Å². The lowest BCUT2D eigenvalue weighted by molar-refractivity contribution is 0.670. The average Bonchev–Trinajstić information content (AvgIpc) is 3.67. The van der Waals surface area contributed by atoms with E-state index >= 15 is 0 Å². The van der Waals surface area contributed by atoms with Gasteiger partial charge in [0, 0.05) is 22.0 Å². The molecule has 0 saturated carbocycles. The zero-order chi connectivity index (χ0) is 37.0. The predicted octanol–water partition coefficient (Wildman–Crippen LogP) is 15.5. The average molecular weight is 714 g/mol. The van der Waals surface area contributed by atoms with E-state index in [1.54, 1.807) is 0 Å². The first kappa shape index (κ1) is 32.0. The van der Waals surface area contributed by atoms with E-state index in [0.717, 1.165) is 50.1 Å². The molecule has 0 aliphatic carbocycles. The van der Waals surface area contributed by atoms with Crippen LogP contribution in [0.25, 0.3) is 87.6 Å². The molecule has 0 aliphatic rings. The SMILES string of the molecule is c1ccc(-c2cccc3ccc(-c4ccc(N(c5cccc6ccccc56)c5ccc(-c6ccc7ccccc7c6)c6oc7ccccc7c56)cc4)cc23)cc1. The lowest BCUT2D eigenvalue weighted by Gasteiger charge is -2.28. The second-order valence-electron chi connectivity index (χ2n) is 14.5. The number of hydrogen-bond acceptors (Lipinski definition) is 2. The standard InChI is InChI=1S/C54H35NO/c1-2-13-38(14-3-1)45-21-10-17-40-25-26-42(35-49(40)45)37-28-30-44(31-29-37)55(50-22-11-18-39-15-6-7-19-46(39)50)51-33-32-47(43-27-24-36-12-4-5-16-41(36)34-43)54-53(51)48-20-8-9-23-52(48)56-54/h1-35H. The molecule has 0 aliphatic heterocycles. The third-order valence-electron chi connectivity index (χ3n) is 11.2. The van der Waals surface area contributed by atoms with Gasteiger partial charge in [0.15, 0.2) is 0 Å². The molecule has 0 N–H and O–H groups in total. The van der Waals surface area contributed by atoms with Gasteiger partial charge in [-0.2, -0.15) is 0 Å². The normalized spacial score (nSPS) is 11.6. The Morgan fingerprint density at radius 3 is 1.82 bits per heavy atom. The summed E-state index contributed by atoms with van der Waals surface area (Å²) < 4.78 is 6.83. The molecule has 0 saturated heterocycles. The molecule has 56 heavy (non-hydrogen) atoms. The van der Waals surface area contributed by atoms with Gasteiger partial charge in [0.05, 0.1) is 16.8 Å². The zero-order valence-electron chi connectivity index (χ0n) is 30.6. The summed E-state index contributed by atoms with van der Waals surface area (Å²) in [4.78, 5) is 2.41. The Bertz CT molecular complexity index is 3240. The maximum atomic E-state index is 6.83. The van der Waals surface area contributed by atoms with Crippen molar-refractivity contribution in [2.45, 2.75) is 0 Å². The summed E-state index contributed by atoms with van der Waals surface area (Å²) in [5.41, 5.74) is 12.0. The molecule has 0 atom stereocenters. The smallest absolute Gasteiger partial charge is 0.145 e. The molecule has 11 rings (SSSR count). The Labute approximate surface area is 325 Å². The highest BCUT2D eigenvalue weighted by Crippen LogP contribution is 2.48. The van der Waals surface area contributed by atoms with Gasteiger partial charge in [-0.15, -0.1) is 0 Å². The highest BCUT2D eigenvalue weighted by molar-refractivity contribution is 6.18. The second-order valence-corrected chi connectivity index (χ2v) is 14.5. The summed E-state index contributed by atoms with van der Waals surface area (Å²) in [5, 5.41) is 9.46. The molecule has 11 aromatic rings. The van der Waals surface area contributed by atoms with E-state index in [0.29, 0.717) is 0 Å². The van der Waals surface area contributed by atoms with E-state index in [1.807, 2.05) is 0 Å². The molecule has 0 unspecified atom stereocenters. The largest absolute Gasteiger partial charge is 0.455 e. The lowest BCUT2D eigenvalue weighted by atomic mass is 9.94. The number of hydrogen-bond donors (Lipinski definition) is 0. The number of fused-ring (bicyclic) bond motifs is 6. The molecule has 10 aromatic carbocycles.